The summed E-state index contributed by atoms with van der Waals surface area (Å²) in [6.07, 6.45) is 5.50. The molecule has 0 unspecified atom stereocenters. The number of tetrazole rings is 1. The van der Waals surface area contributed by atoms with Crippen LogP contribution >= 0.6 is 11.3 Å². The van der Waals surface area contributed by atoms with Gasteiger partial charge in [-0.2, -0.15) is 4.80 Å². The zero-order valence-electron chi connectivity index (χ0n) is 19.1. The standard InChI is InChI=1S/C25H22N6O4S/c32-17-7-5-16(6-8-17)19-13-25(35-20-4-2-1-3-18(19)20)9-11-30(12-10-25)24-26-14-21(36-24)23-27-29-31(28-23)15-22(33)34/h1-8,13-14,32H,9-12,15H2,(H,33,34). The molecule has 4 heterocycles. The summed E-state index contributed by atoms with van der Waals surface area (Å²) in [4.78, 5) is 19.4. The van der Waals surface area contributed by atoms with Crippen molar-refractivity contribution in [2.24, 2.45) is 0 Å². The average Bonchev–Trinajstić information content (AvgIpc) is 3.54. The molecule has 0 aliphatic carbocycles. The van der Waals surface area contributed by atoms with Crippen LogP contribution in [-0.4, -0.2) is 60.1 Å². The molecule has 2 aliphatic heterocycles. The molecule has 1 saturated heterocycles. The lowest BCUT2D eigenvalue weighted by Crippen LogP contribution is -2.48. The number of nitrogens with zero attached hydrogens (tertiary/aromatic N) is 6. The summed E-state index contributed by atoms with van der Waals surface area (Å²) < 4.78 is 6.58. The van der Waals surface area contributed by atoms with Gasteiger partial charge in [0.2, 0.25) is 5.82 Å². The van der Waals surface area contributed by atoms with Gasteiger partial charge in [-0.1, -0.05) is 41.7 Å². The minimum atomic E-state index is -1.03. The van der Waals surface area contributed by atoms with E-state index in [1.807, 2.05) is 30.3 Å². The number of phenolic OH excluding ortho intramolecular Hbond substituents is 1. The lowest BCUT2D eigenvalue weighted by Gasteiger charge is -2.43. The molecule has 1 fully saturated rings. The molecule has 182 valence electrons. The molecule has 1 spiro atoms. The van der Waals surface area contributed by atoms with Gasteiger partial charge in [0.15, 0.2) is 11.7 Å². The minimum Gasteiger partial charge on any atom is -0.508 e. The summed E-state index contributed by atoms with van der Waals surface area (Å²) in [5.41, 5.74) is 2.76. The van der Waals surface area contributed by atoms with Crippen LogP contribution in [0.25, 0.3) is 16.3 Å². The van der Waals surface area contributed by atoms with Crippen molar-refractivity contribution in [3.8, 4) is 22.2 Å². The van der Waals surface area contributed by atoms with Crippen LogP contribution in [0, 0.1) is 0 Å². The van der Waals surface area contributed by atoms with Crippen LogP contribution in [0.2, 0.25) is 0 Å². The van der Waals surface area contributed by atoms with Crippen molar-refractivity contribution in [3.63, 3.8) is 0 Å². The molecule has 0 atom stereocenters. The van der Waals surface area contributed by atoms with Gasteiger partial charge in [0.1, 0.15) is 17.1 Å². The Labute approximate surface area is 210 Å². The predicted octanol–water partition coefficient (Wildman–Crippen LogP) is 3.45. The molecule has 36 heavy (non-hydrogen) atoms. The van der Waals surface area contributed by atoms with Crippen molar-refractivity contribution in [1.29, 1.82) is 0 Å². The van der Waals surface area contributed by atoms with E-state index in [0.717, 1.165) is 63.2 Å². The predicted molar refractivity (Wildman–Crippen MR) is 133 cm³/mol. The molecule has 4 aromatic rings. The maximum Gasteiger partial charge on any atom is 0.327 e. The summed E-state index contributed by atoms with van der Waals surface area (Å²) in [5, 5.41) is 31.4. The first-order chi connectivity index (χ1) is 17.5. The third-order valence-corrected chi connectivity index (χ3v) is 7.45. The number of piperidine rings is 1. The van der Waals surface area contributed by atoms with Gasteiger partial charge in [0, 0.05) is 31.5 Å². The number of aliphatic carboxylic acids is 1. The highest BCUT2D eigenvalue weighted by Crippen LogP contribution is 2.44. The minimum absolute atomic E-state index is 0.241. The van der Waals surface area contributed by atoms with Crippen LogP contribution in [0.15, 0.2) is 60.8 Å². The first kappa shape index (κ1) is 22.2. The highest BCUT2D eigenvalue weighted by molar-refractivity contribution is 7.18. The Balaban J connectivity index is 1.22. The van der Waals surface area contributed by atoms with E-state index in [-0.39, 0.29) is 12.3 Å². The molecule has 2 N–H and O–H groups in total. The van der Waals surface area contributed by atoms with Gasteiger partial charge in [-0.3, -0.25) is 4.79 Å². The highest BCUT2D eigenvalue weighted by atomic mass is 32.1. The Hall–Kier alpha value is -4.25. The Morgan fingerprint density at radius 3 is 2.67 bits per heavy atom. The van der Waals surface area contributed by atoms with Crippen molar-refractivity contribution in [2.75, 3.05) is 18.0 Å². The van der Waals surface area contributed by atoms with Crippen LogP contribution in [-0.2, 0) is 11.3 Å². The fourth-order valence-electron chi connectivity index (χ4n) is 4.61. The van der Waals surface area contributed by atoms with E-state index in [4.69, 9.17) is 9.84 Å². The van der Waals surface area contributed by atoms with Crippen molar-refractivity contribution < 1.29 is 19.7 Å². The number of ether oxygens (including phenoxy) is 1. The second-order valence-corrected chi connectivity index (χ2v) is 9.81. The van der Waals surface area contributed by atoms with Crippen LogP contribution < -0.4 is 9.64 Å². The van der Waals surface area contributed by atoms with E-state index in [1.54, 1.807) is 18.3 Å². The third-order valence-electron chi connectivity index (χ3n) is 6.40. The van der Waals surface area contributed by atoms with Crippen molar-refractivity contribution in [3.05, 3.63) is 71.9 Å². The number of fused-ring (bicyclic) bond motifs is 1. The lowest BCUT2D eigenvalue weighted by molar-refractivity contribution is -0.138. The van der Waals surface area contributed by atoms with Gasteiger partial charge in [0.25, 0.3) is 0 Å². The van der Waals surface area contributed by atoms with Gasteiger partial charge >= 0.3 is 5.97 Å². The van der Waals surface area contributed by atoms with Gasteiger partial charge in [-0.15, -0.1) is 10.2 Å². The second kappa shape index (κ2) is 8.76. The number of carbonyl (C=O) groups is 1. The fraction of sp³-hybridized carbons (Fsp3) is 0.240. The Morgan fingerprint density at radius 1 is 1.11 bits per heavy atom. The van der Waals surface area contributed by atoms with E-state index >= 15 is 0 Å². The number of rotatable bonds is 5. The SMILES string of the molecule is O=C(O)Cn1nnc(-c2cnc(N3CCC4(C=C(c5ccc(O)cc5)c5ccccc5O4)CC3)s2)n1. The largest absolute Gasteiger partial charge is 0.508 e. The number of aromatic hydroxyl groups is 1. The summed E-state index contributed by atoms with van der Waals surface area (Å²) in [7, 11) is 0. The molecular weight excluding hydrogens is 480 g/mol. The zero-order chi connectivity index (χ0) is 24.7. The molecule has 2 aromatic heterocycles. The number of benzene rings is 2. The quantitative estimate of drug-likeness (QED) is 0.422. The van der Waals surface area contributed by atoms with Gasteiger partial charge in [0.05, 0.1) is 11.1 Å². The van der Waals surface area contributed by atoms with E-state index in [1.165, 1.54) is 11.3 Å². The number of aromatic nitrogens is 5. The number of anilines is 1. The Bertz CT molecular complexity index is 1450. The maximum absolute atomic E-state index is 10.9. The summed E-state index contributed by atoms with van der Waals surface area (Å²) in [6, 6.07) is 15.3. The van der Waals surface area contributed by atoms with E-state index in [9.17, 15) is 9.90 Å². The number of carboxylic acids is 1. The van der Waals surface area contributed by atoms with Gasteiger partial charge in [-0.25, -0.2) is 4.98 Å². The zero-order valence-corrected chi connectivity index (χ0v) is 19.9. The second-order valence-electron chi connectivity index (χ2n) is 8.80. The maximum atomic E-state index is 10.9. The third kappa shape index (κ3) is 4.17. The topological polar surface area (TPSA) is 126 Å². The summed E-state index contributed by atoms with van der Waals surface area (Å²) >= 11 is 1.46. The van der Waals surface area contributed by atoms with E-state index < -0.39 is 11.6 Å². The molecule has 0 amide bonds. The van der Waals surface area contributed by atoms with Crippen LogP contribution in [0.3, 0.4) is 0 Å². The molecule has 10 nitrogen and oxygen atoms in total. The van der Waals surface area contributed by atoms with E-state index in [0.29, 0.717) is 5.82 Å². The smallest absolute Gasteiger partial charge is 0.327 e. The molecule has 0 radical (unpaired) electrons. The molecule has 2 aliphatic rings. The number of thiazole rings is 1. The highest BCUT2D eigenvalue weighted by Gasteiger charge is 2.39. The molecule has 11 heteroatoms. The Kier molecular flexibility index (Phi) is 5.41. The summed E-state index contributed by atoms with van der Waals surface area (Å²) in [5.74, 6) is 0.442. The van der Waals surface area contributed by atoms with E-state index in [2.05, 4.69) is 37.4 Å². The number of hydrogen-bond acceptors (Lipinski definition) is 9. The Morgan fingerprint density at radius 2 is 1.89 bits per heavy atom. The normalized spacial score (nSPS) is 16.3. The number of phenols is 1. The average molecular weight is 503 g/mol. The molecule has 0 bridgehead atoms. The molecule has 6 rings (SSSR count). The summed E-state index contributed by atoms with van der Waals surface area (Å²) in [6.45, 7) is 1.18. The monoisotopic (exact) mass is 502 g/mol. The fourth-order valence-corrected chi connectivity index (χ4v) is 5.51. The number of para-hydroxylation sites is 1. The molecule has 2 aromatic carbocycles. The van der Waals surface area contributed by atoms with Crippen molar-refractivity contribution in [1.82, 2.24) is 25.2 Å². The van der Waals surface area contributed by atoms with Gasteiger partial charge in [-0.05, 0) is 40.6 Å². The molecule has 0 saturated carbocycles. The van der Waals surface area contributed by atoms with Gasteiger partial charge < -0.3 is 19.8 Å². The number of carboxylic acid groups (broad SMARTS) is 1. The first-order valence-electron chi connectivity index (χ1n) is 11.5. The molecular formula is C25H22N6O4S. The van der Waals surface area contributed by atoms with Crippen LogP contribution in [0.4, 0.5) is 5.13 Å². The number of hydrogen-bond donors (Lipinski definition) is 2. The first-order valence-corrected chi connectivity index (χ1v) is 12.3. The van der Waals surface area contributed by atoms with Crippen molar-refractivity contribution in [2.45, 2.75) is 25.0 Å². The van der Waals surface area contributed by atoms with Crippen molar-refractivity contribution >= 4 is 28.0 Å². The van der Waals surface area contributed by atoms with Crippen LogP contribution in [0.5, 0.6) is 11.5 Å². The van der Waals surface area contributed by atoms with Crippen LogP contribution in [0.1, 0.15) is 24.0 Å². The lowest BCUT2D eigenvalue weighted by atomic mass is 9.83.